The van der Waals surface area contributed by atoms with Crippen LogP contribution >= 0.6 is 0 Å². The lowest BCUT2D eigenvalue weighted by molar-refractivity contribution is 0.282. The largest absolute Gasteiger partial charge is 0.392 e. The van der Waals surface area contributed by atoms with Gasteiger partial charge >= 0.3 is 0 Å². The summed E-state index contributed by atoms with van der Waals surface area (Å²) in [4.78, 5) is 4.36. The number of imidazole rings is 1. The number of hydrogen-bond donors (Lipinski definition) is 1. The van der Waals surface area contributed by atoms with Crippen molar-refractivity contribution < 1.29 is 9.32 Å². The van der Waals surface area contributed by atoms with Crippen LogP contribution in [0.3, 0.4) is 0 Å². The fourth-order valence-corrected chi connectivity index (χ4v) is 3.72. The molecule has 24 heavy (non-hydrogen) atoms. The minimum absolute atomic E-state index is 0.0281. The maximum absolute atomic E-state index is 12.4. The predicted octanol–water partition coefficient (Wildman–Crippen LogP) is 2.87. The molecule has 0 fully saturated rings. The van der Waals surface area contributed by atoms with Crippen LogP contribution in [-0.4, -0.2) is 18.9 Å². The Balaban J connectivity index is 1.63. The molecule has 1 heterocycles. The van der Waals surface area contributed by atoms with Gasteiger partial charge in [-0.1, -0.05) is 54.6 Å². The molecule has 0 aliphatic carbocycles. The van der Waals surface area contributed by atoms with Crippen LogP contribution < -0.4 is 0 Å². The number of hydrogen-bond acceptors (Lipinski definition) is 3. The molecule has 5 heteroatoms. The van der Waals surface area contributed by atoms with Gasteiger partial charge in [0.2, 0.25) is 0 Å². The molecule has 2 aromatic carbocycles. The van der Waals surface area contributed by atoms with Crippen molar-refractivity contribution in [3.05, 3.63) is 89.5 Å². The molecule has 0 amide bonds. The maximum Gasteiger partial charge on any atom is 0.121 e. The molecule has 124 valence electrons. The van der Waals surface area contributed by atoms with E-state index in [4.69, 9.17) is 5.11 Å². The zero-order valence-corrected chi connectivity index (χ0v) is 14.2. The summed E-state index contributed by atoms with van der Waals surface area (Å²) in [5.74, 6) is 1.76. The zero-order valence-electron chi connectivity index (χ0n) is 13.3. The molecule has 4 nitrogen and oxygen atoms in total. The SMILES string of the molecule is O=S(Cc1ccc(CO)cc1)Cc1nccn1Cc1ccccc1. The van der Waals surface area contributed by atoms with E-state index in [0.29, 0.717) is 11.5 Å². The first-order chi connectivity index (χ1) is 11.7. The number of nitrogens with zero attached hydrogens (tertiary/aromatic N) is 2. The van der Waals surface area contributed by atoms with Gasteiger partial charge in [-0.25, -0.2) is 4.98 Å². The van der Waals surface area contributed by atoms with Gasteiger partial charge in [-0.3, -0.25) is 4.21 Å². The first-order valence-corrected chi connectivity index (χ1v) is 9.31. The highest BCUT2D eigenvalue weighted by atomic mass is 32.2. The highest BCUT2D eigenvalue weighted by Gasteiger charge is 2.09. The zero-order chi connectivity index (χ0) is 16.8. The third-order valence-corrected chi connectivity index (χ3v) is 5.06. The topological polar surface area (TPSA) is 55.1 Å². The monoisotopic (exact) mass is 340 g/mol. The van der Waals surface area contributed by atoms with Crippen LogP contribution in [0.5, 0.6) is 0 Å². The summed E-state index contributed by atoms with van der Waals surface area (Å²) in [6, 6.07) is 17.7. The summed E-state index contributed by atoms with van der Waals surface area (Å²) >= 11 is 0. The Bertz CT molecular complexity index is 798. The van der Waals surface area contributed by atoms with Crippen molar-refractivity contribution in [1.29, 1.82) is 0 Å². The number of aliphatic hydroxyl groups is 1. The first-order valence-electron chi connectivity index (χ1n) is 7.82. The van der Waals surface area contributed by atoms with Crippen molar-refractivity contribution in [2.75, 3.05) is 0 Å². The first kappa shape index (κ1) is 16.6. The van der Waals surface area contributed by atoms with Crippen molar-refractivity contribution >= 4 is 10.8 Å². The summed E-state index contributed by atoms with van der Waals surface area (Å²) in [6.07, 6.45) is 3.68. The predicted molar refractivity (Wildman–Crippen MR) is 95.7 cm³/mol. The highest BCUT2D eigenvalue weighted by molar-refractivity contribution is 7.83. The molecule has 1 N–H and O–H groups in total. The Morgan fingerprint density at radius 3 is 2.33 bits per heavy atom. The third-order valence-electron chi connectivity index (χ3n) is 3.82. The molecular formula is C19H20N2O2S. The molecule has 1 unspecified atom stereocenters. The van der Waals surface area contributed by atoms with Crippen molar-refractivity contribution in [3.8, 4) is 0 Å². The van der Waals surface area contributed by atoms with E-state index in [2.05, 4.69) is 17.1 Å². The van der Waals surface area contributed by atoms with Gasteiger partial charge in [0.05, 0.1) is 12.4 Å². The van der Waals surface area contributed by atoms with E-state index < -0.39 is 10.8 Å². The molecular weight excluding hydrogens is 320 g/mol. The van der Waals surface area contributed by atoms with Crippen LogP contribution in [-0.2, 0) is 35.5 Å². The fraction of sp³-hybridized carbons (Fsp3) is 0.211. The van der Waals surface area contributed by atoms with E-state index >= 15 is 0 Å². The molecule has 3 aromatic rings. The Kier molecular flexibility index (Phi) is 5.56. The van der Waals surface area contributed by atoms with Gasteiger partial charge in [0.25, 0.3) is 0 Å². The van der Waals surface area contributed by atoms with Crippen molar-refractivity contribution in [3.63, 3.8) is 0 Å². The Morgan fingerprint density at radius 2 is 1.62 bits per heavy atom. The fourth-order valence-electron chi connectivity index (χ4n) is 2.53. The highest BCUT2D eigenvalue weighted by Crippen LogP contribution is 2.11. The Labute approximate surface area is 144 Å². The van der Waals surface area contributed by atoms with Crippen molar-refractivity contribution in [2.24, 2.45) is 0 Å². The van der Waals surface area contributed by atoms with Crippen LogP contribution in [0.15, 0.2) is 67.0 Å². The van der Waals surface area contributed by atoms with Crippen LogP contribution in [0.25, 0.3) is 0 Å². The minimum atomic E-state index is -1.02. The average molecular weight is 340 g/mol. The van der Waals surface area contributed by atoms with Gasteiger partial charge in [0.15, 0.2) is 0 Å². The molecule has 0 aliphatic heterocycles. The normalized spacial score (nSPS) is 12.2. The van der Waals surface area contributed by atoms with E-state index in [9.17, 15) is 4.21 Å². The lowest BCUT2D eigenvalue weighted by atomic mass is 10.2. The second-order valence-corrected chi connectivity index (χ2v) is 7.12. The number of rotatable bonds is 7. The molecule has 3 rings (SSSR count). The van der Waals surface area contributed by atoms with Gasteiger partial charge in [-0.05, 0) is 16.7 Å². The van der Waals surface area contributed by atoms with Gasteiger partial charge < -0.3 is 9.67 Å². The quantitative estimate of drug-likeness (QED) is 0.719. The molecule has 0 saturated carbocycles. The average Bonchev–Trinajstić information content (AvgIpc) is 3.03. The molecule has 0 bridgehead atoms. The van der Waals surface area contributed by atoms with E-state index in [0.717, 1.165) is 23.5 Å². The summed E-state index contributed by atoms with van der Waals surface area (Å²) in [5, 5.41) is 9.06. The van der Waals surface area contributed by atoms with Gasteiger partial charge in [0.1, 0.15) is 5.82 Å². The van der Waals surface area contributed by atoms with E-state index in [1.54, 1.807) is 6.20 Å². The number of aromatic nitrogens is 2. The van der Waals surface area contributed by atoms with Gasteiger partial charge in [-0.15, -0.1) is 0 Å². The van der Waals surface area contributed by atoms with Gasteiger partial charge in [0, 0.05) is 35.5 Å². The summed E-state index contributed by atoms with van der Waals surface area (Å²) in [6.45, 7) is 0.763. The van der Waals surface area contributed by atoms with E-state index in [-0.39, 0.29) is 6.61 Å². The molecule has 1 aromatic heterocycles. The van der Waals surface area contributed by atoms with Crippen LogP contribution in [0.4, 0.5) is 0 Å². The molecule has 1 atom stereocenters. The Morgan fingerprint density at radius 1 is 0.917 bits per heavy atom. The summed E-state index contributed by atoms with van der Waals surface area (Å²) in [7, 11) is -1.02. The summed E-state index contributed by atoms with van der Waals surface area (Å²) in [5.41, 5.74) is 3.07. The van der Waals surface area contributed by atoms with Crippen molar-refractivity contribution in [1.82, 2.24) is 9.55 Å². The number of aliphatic hydroxyl groups excluding tert-OH is 1. The van der Waals surface area contributed by atoms with Crippen molar-refractivity contribution in [2.45, 2.75) is 24.7 Å². The smallest absolute Gasteiger partial charge is 0.121 e. The second kappa shape index (κ2) is 8.04. The van der Waals surface area contributed by atoms with Crippen LogP contribution in [0.1, 0.15) is 22.5 Å². The standard InChI is InChI=1S/C19H20N2O2S/c22-13-17-6-8-18(9-7-17)14-24(23)15-19-20-10-11-21(19)12-16-4-2-1-3-5-16/h1-11,22H,12-15H2. The molecule has 0 radical (unpaired) electrons. The molecule has 0 spiro atoms. The van der Waals surface area contributed by atoms with Gasteiger partial charge in [-0.2, -0.15) is 0 Å². The maximum atomic E-state index is 12.4. The van der Waals surface area contributed by atoms with Crippen LogP contribution in [0.2, 0.25) is 0 Å². The lowest BCUT2D eigenvalue weighted by Crippen LogP contribution is -2.08. The van der Waals surface area contributed by atoms with E-state index in [1.807, 2.05) is 53.2 Å². The number of benzene rings is 2. The van der Waals surface area contributed by atoms with E-state index in [1.165, 1.54) is 5.56 Å². The Hall–Kier alpha value is -2.24. The third kappa shape index (κ3) is 4.40. The lowest BCUT2D eigenvalue weighted by Gasteiger charge is -2.08. The second-order valence-electron chi connectivity index (χ2n) is 5.66. The summed E-state index contributed by atoms with van der Waals surface area (Å²) < 4.78 is 14.5. The minimum Gasteiger partial charge on any atom is -0.392 e. The van der Waals surface area contributed by atoms with Crippen LogP contribution in [0, 0.1) is 0 Å². The molecule has 0 saturated heterocycles. The molecule has 0 aliphatic rings.